The first-order valence-electron chi connectivity index (χ1n) is 5.06. The smallest absolute Gasteiger partial charge is 0.164 e. The van der Waals surface area contributed by atoms with Gasteiger partial charge in [-0.25, -0.2) is 0 Å². The van der Waals surface area contributed by atoms with Crippen LogP contribution in [0.3, 0.4) is 0 Å². The number of benzene rings is 2. The summed E-state index contributed by atoms with van der Waals surface area (Å²) in [5, 5.41) is 0.899. The molecule has 0 unspecified atom stereocenters. The average molecular weight is 348 g/mol. The summed E-state index contributed by atoms with van der Waals surface area (Å²) >= 11 is 15.5. The lowest BCUT2D eigenvalue weighted by atomic mass is 10.3. The van der Waals surface area contributed by atoms with Crippen LogP contribution in [0.15, 0.2) is 40.9 Å². The van der Waals surface area contributed by atoms with Gasteiger partial charge >= 0.3 is 0 Å². The lowest BCUT2D eigenvalue weighted by molar-refractivity contribution is 0.413. The third-order valence-corrected chi connectivity index (χ3v) is 3.26. The Kier molecular flexibility index (Phi) is 4.38. The fraction of sp³-hybridized carbons (Fsp3) is 0.0769. The summed E-state index contributed by atoms with van der Waals surface area (Å²) in [5.74, 6) is 1.84. The number of hydrogen-bond acceptors (Lipinski definition) is 2. The maximum Gasteiger partial charge on any atom is 0.164 e. The molecule has 0 saturated heterocycles. The van der Waals surface area contributed by atoms with E-state index < -0.39 is 0 Å². The Labute approximate surface area is 124 Å². The van der Waals surface area contributed by atoms with Gasteiger partial charge in [0.25, 0.3) is 0 Å². The zero-order valence-corrected chi connectivity index (χ0v) is 12.5. The van der Waals surface area contributed by atoms with Crippen molar-refractivity contribution >= 4 is 39.1 Å². The molecule has 0 heterocycles. The average Bonchev–Trinajstić information content (AvgIpc) is 2.34. The first-order chi connectivity index (χ1) is 8.60. The molecule has 0 radical (unpaired) electrons. The van der Waals surface area contributed by atoms with Gasteiger partial charge in [-0.3, -0.25) is 0 Å². The van der Waals surface area contributed by atoms with E-state index in [2.05, 4.69) is 15.9 Å². The van der Waals surface area contributed by atoms with E-state index in [4.69, 9.17) is 32.7 Å². The largest absolute Gasteiger partial charge is 0.497 e. The molecule has 18 heavy (non-hydrogen) atoms. The molecule has 2 nitrogen and oxygen atoms in total. The number of ether oxygens (including phenoxy) is 2. The number of methoxy groups -OCH3 is 1. The number of rotatable bonds is 3. The Hall–Kier alpha value is -0.900. The molecule has 0 bridgehead atoms. The van der Waals surface area contributed by atoms with Gasteiger partial charge in [-0.1, -0.05) is 39.1 Å². The molecule has 0 aliphatic heterocycles. The van der Waals surface area contributed by atoms with Crippen LogP contribution in [0.25, 0.3) is 0 Å². The summed E-state index contributed by atoms with van der Waals surface area (Å²) in [5.41, 5.74) is 0. The highest BCUT2D eigenvalue weighted by Gasteiger charge is 2.10. The minimum Gasteiger partial charge on any atom is -0.497 e. The molecule has 0 aromatic heterocycles. The molecule has 0 fully saturated rings. The zero-order chi connectivity index (χ0) is 13.1. The third-order valence-electron chi connectivity index (χ3n) is 2.24. The molecule has 0 aliphatic rings. The second-order valence-electron chi connectivity index (χ2n) is 3.48. The van der Waals surface area contributed by atoms with Gasteiger partial charge in [0, 0.05) is 4.47 Å². The Morgan fingerprint density at radius 3 is 1.94 bits per heavy atom. The monoisotopic (exact) mass is 346 g/mol. The zero-order valence-electron chi connectivity index (χ0n) is 9.41. The van der Waals surface area contributed by atoms with E-state index in [-0.39, 0.29) is 0 Å². The summed E-state index contributed by atoms with van der Waals surface area (Å²) < 4.78 is 11.5. The van der Waals surface area contributed by atoms with Crippen LogP contribution in [0, 0.1) is 0 Å². The maximum atomic E-state index is 6.08. The molecular weight excluding hydrogens is 339 g/mol. The second-order valence-corrected chi connectivity index (χ2v) is 5.21. The van der Waals surface area contributed by atoms with Gasteiger partial charge in [-0.2, -0.15) is 0 Å². The SMILES string of the molecule is COc1ccc(Oc2c(Cl)cc(Br)cc2Cl)cc1. The minimum atomic E-state index is 0.437. The van der Waals surface area contributed by atoms with Crippen LogP contribution >= 0.6 is 39.1 Å². The molecule has 5 heteroatoms. The number of halogens is 3. The highest BCUT2D eigenvalue weighted by Crippen LogP contribution is 2.38. The van der Waals surface area contributed by atoms with Crippen molar-refractivity contribution in [2.45, 2.75) is 0 Å². The molecular formula is C13H9BrCl2O2. The van der Waals surface area contributed by atoms with Crippen molar-refractivity contribution in [2.24, 2.45) is 0 Å². The Morgan fingerprint density at radius 2 is 1.44 bits per heavy atom. The van der Waals surface area contributed by atoms with Crippen molar-refractivity contribution in [1.82, 2.24) is 0 Å². The van der Waals surface area contributed by atoms with Crippen LogP contribution in [0.5, 0.6) is 17.2 Å². The van der Waals surface area contributed by atoms with Gasteiger partial charge in [0.2, 0.25) is 0 Å². The van der Waals surface area contributed by atoms with E-state index in [1.165, 1.54) is 0 Å². The van der Waals surface area contributed by atoms with Crippen LogP contribution in [0.2, 0.25) is 10.0 Å². The van der Waals surface area contributed by atoms with Gasteiger partial charge in [-0.15, -0.1) is 0 Å². The van der Waals surface area contributed by atoms with Crippen LogP contribution in [0.4, 0.5) is 0 Å². The van der Waals surface area contributed by atoms with Gasteiger partial charge in [0.05, 0.1) is 17.2 Å². The van der Waals surface area contributed by atoms with Gasteiger partial charge in [-0.05, 0) is 36.4 Å². The van der Waals surface area contributed by atoms with Crippen LogP contribution in [0.1, 0.15) is 0 Å². The highest BCUT2D eigenvalue weighted by molar-refractivity contribution is 9.10. The maximum absolute atomic E-state index is 6.08. The topological polar surface area (TPSA) is 18.5 Å². The van der Waals surface area contributed by atoms with Crippen molar-refractivity contribution in [2.75, 3.05) is 7.11 Å². The molecule has 2 aromatic rings. The lowest BCUT2D eigenvalue weighted by Gasteiger charge is -2.10. The third kappa shape index (κ3) is 3.10. The van der Waals surface area contributed by atoms with Crippen LogP contribution in [-0.2, 0) is 0 Å². The first-order valence-corrected chi connectivity index (χ1v) is 6.61. The van der Waals surface area contributed by atoms with E-state index >= 15 is 0 Å². The molecule has 2 aromatic carbocycles. The Bertz CT molecular complexity index is 532. The Morgan fingerprint density at radius 1 is 0.944 bits per heavy atom. The Balaban J connectivity index is 2.28. The van der Waals surface area contributed by atoms with Gasteiger partial charge < -0.3 is 9.47 Å². The van der Waals surface area contributed by atoms with E-state index in [1.54, 1.807) is 43.5 Å². The normalized spacial score (nSPS) is 10.2. The molecule has 0 saturated carbocycles. The van der Waals surface area contributed by atoms with Crippen molar-refractivity contribution in [1.29, 1.82) is 0 Å². The first kappa shape index (κ1) is 13.5. The second kappa shape index (κ2) is 5.83. The molecule has 0 N–H and O–H groups in total. The van der Waals surface area contributed by atoms with E-state index in [0.717, 1.165) is 10.2 Å². The van der Waals surface area contributed by atoms with E-state index in [1.807, 2.05) is 0 Å². The number of hydrogen-bond donors (Lipinski definition) is 0. The van der Waals surface area contributed by atoms with Gasteiger partial charge in [0.1, 0.15) is 11.5 Å². The minimum absolute atomic E-state index is 0.437. The van der Waals surface area contributed by atoms with Crippen LogP contribution in [-0.4, -0.2) is 7.11 Å². The highest BCUT2D eigenvalue weighted by atomic mass is 79.9. The van der Waals surface area contributed by atoms with Crippen molar-refractivity contribution in [3.05, 3.63) is 50.9 Å². The van der Waals surface area contributed by atoms with Crippen LogP contribution < -0.4 is 9.47 Å². The predicted molar refractivity (Wildman–Crippen MR) is 77.2 cm³/mol. The molecule has 0 amide bonds. The molecule has 0 aliphatic carbocycles. The van der Waals surface area contributed by atoms with Crippen molar-refractivity contribution in [3.63, 3.8) is 0 Å². The summed E-state index contributed by atoms with van der Waals surface area (Å²) in [6.45, 7) is 0. The quantitative estimate of drug-likeness (QED) is 0.723. The van der Waals surface area contributed by atoms with Crippen molar-refractivity contribution in [3.8, 4) is 17.2 Å². The van der Waals surface area contributed by atoms with Gasteiger partial charge in [0.15, 0.2) is 5.75 Å². The standard InChI is InChI=1S/C13H9BrCl2O2/c1-17-9-2-4-10(5-3-9)18-13-11(15)6-8(14)7-12(13)16/h2-7H,1H3. The fourth-order valence-corrected chi connectivity index (χ4v) is 2.67. The van der Waals surface area contributed by atoms with Crippen molar-refractivity contribution < 1.29 is 9.47 Å². The summed E-state index contributed by atoms with van der Waals surface area (Å²) in [6.07, 6.45) is 0. The fourth-order valence-electron chi connectivity index (χ4n) is 1.39. The summed E-state index contributed by atoms with van der Waals surface area (Å²) in [6, 6.07) is 10.6. The molecule has 2 rings (SSSR count). The molecule has 0 spiro atoms. The summed E-state index contributed by atoms with van der Waals surface area (Å²) in [7, 11) is 1.61. The molecule has 0 atom stereocenters. The van der Waals surface area contributed by atoms with E-state index in [9.17, 15) is 0 Å². The molecule has 94 valence electrons. The summed E-state index contributed by atoms with van der Waals surface area (Å²) in [4.78, 5) is 0. The lowest BCUT2D eigenvalue weighted by Crippen LogP contribution is -1.88. The predicted octanol–water partition coefficient (Wildman–Crippen LogP) is 5.56. The van der Waals surface area contributed by atoms with E-state index in [0.29, 0.717) is 21.5 Å².